The lowest BCUT2D eigenvalue weighted by atomic mass is 10.1. The molecule has 0 saturated carbocycles. The topological polar surface area (TPSA) is 55.1 Å². The molecule has 0 radical (unpaired) electrons. The van der Waals surface area contributed by atoms with Crippen LogP contribution in [0.2, 0.25) is 0 Å². The molecule has 32 heavy (non-hydrogen) atoms. The van der Waals surface area contributed by atoms with Gasteiger partial charge < -0.3 is 9.72 Å². The lowest BCUT2D eigenvalue weighted by Gasteiger charge is -2.08. The van der Waals surface area contributed by atoms with E-state index in [4.69, 9.17) is 4.98 Å². The van der Waals surface area contributed by atoms with Crippen molar-refractivity contribution in [2.45, 2.75) is 0 Å². The monoisotopic (exact) mass is 413 g/mol. The normalized spacial score (nSPS) is 11.1. The minimum absolute atomic E-state index is 0.711. The van der Waals surface area contributed by atoms with Gasteiger partial charge in [-0.3, -0.25) is 4.98 Å². The first-order chi connectivity index (χ1) is 15.8. The number of nitrogens with zero attached hydrogens (tertiary/aromatic N) is 4. The molecule has 6 rings (SSSR count). The van der Waals surface area contributed by atoms with Crippen molar-refractivity contribution >= 4 is 27.9 Å². The highest BCUT2D eigenvalue weighted by molar-refractivity contribution is 5.87. The molecule has 152 valence electrons. The largest absolute Gasteiger partial charge is 0.337 e. The van der Waals surface area contributed by atoms with Gasteiger partial charge in [0.2, 0.25) is 0 Å². The van der Waals surface area contributed by atoms with Crippen LogP contribution in [0, 0.1) is 0 Å². The predicted molar refractivity (Wildman–Crippen MR) is 129 cm³/mol. The standard InChI is InChI=1S/C27H19N5/c1-2-6-20-15-22(11-10-19(20)5-1)25-18-32-14-13-29-26(27(32)31-25)30-24-9-3-7-21(16-24)23-8-4-12-28-17-23/h1-18H,(H,29,30). The van der Waals surface area contributed by atoms with Gasteiger partial charge in [-0.2, -0.15) is 0 Å². The molecule has 0 aliphatic carbocycles. The van der Waals surface area contributed by atoms with Crippen molar-refractivity contribution in [1.29, 1.82) is 0 Å². The van der Waals surface area contributed by atoms with Crippen LogP contribution in [0.5, 0.6) is 0 Å². The Morgan fingerprint density at radius 3 is 2.53 bits per heavy atom. The third kappa shape index (κ3) is 3.36. The summed E-state index contributed by atoms with van der Waals surface area (Å²) >= 11 is 0. The van der Waals surface area contributed by atoms with Crippen molar-refractivity contribution in [3.05, 3.63) is 110 Å². The van der Waals surface area contributed by atoms with E-state index in [0.29, 0.717) is 5.82 Å². The van der Waals surface area contributed by atoms with Gasteiger partial charge in [-0.25, -0.2) is 9.97 Å². The molecule has 0 aliphatic heterocycles. The van der Waals surface area contributed by atoms with Crippen molar-refractivity contribution in [3.8, 4) is 22.4 Å². The highest BCUT2D eigenvalue weighted by Gasteiger charge is 2.10. The molecular formula is C27H19N5. The molecule has 0 spiro atoms. The summed E-state index contributed by atoms with van der Waals surface area (Å²) in [5.74, 6) is 0.711. The first-order valence-electron chi connectivity index (χ1n) is 10.4. The zero-order chi connectivity index (χ0) is 21.3. The first-order valence-corrected chi connectivity index (χ1v) is 10.4. The Morgan fingerprint density at radius 1 is 0.719 bits per heavy atom. The van der Waals surface area contributed by atoms with Crippen molar-refractivity contribution in [1.82, 2.24) is 19.4 Å². The van der Waals surface area contributed by atoms with Gasteiger partial charge in [0.05, 0.1) is 5.69 Å². The molecule has 3 aromatic carbocycles. The third-order valence-corrected chi connectivity index (χ3v) is 5.54. The summed E-state index contributed by atoms with van der Waals surface area (Å²) in [5.41, 5.74) is 5.88. The van der Waals surface area contributed by atoms with E-state index >= 15 is 0 Å². The van der Waals surface area contributed by atoms with Gasteiger partial charge in [-0.1, -0.05) is 54.6 Å². The number of imidazole rings is 1. The molecule has 1 N–H and O–H groups in total. The summed E-state index contributed by atoms with van der Waals surface area (Å²) in [7, 11) is 0. The predicted octanol–water partition coefficient (Wildman–Crippen LogP) is 6.36. The molecule has 5 nitrogen and oxygen atoms in total. The van der Waals surface area contributed by atoms with Crippen LogP contribution in [0.1, 0.15) is 0 Å². The van der Waals surface area contributed by atoms with Gasteiger partial charge in [0.15, 0.2) is 11.5 Å². The number of hydrogen-bond acceptors (Lipinski definition) is 4. The van der Waals surface area contributed by atoms with Crippen molar-refractivity contribution in [2.24, 2.45) is 0 Å². The molecule has 0 fully saturated rings. The summed E-state index contributed by atoms with van der Waals surface area (Å²) in [4.78, 5) is 13.7. The Morgan fingerprint density at radius 2 is 1.62 bits per heavy atom. The maximum absolute atomic E-state index is 4.89. The van der Waals surface area contributed by atoms with Crippen LogP contribution in [-0.4, -0.2) is 19.4 Å². The quantitative estimate of drug-likeness (QED) is 0.366. The van der Waals surface area contributed by atoms with E-state index in [1.54, 1.807) is 12.4 Å². The van der Waals surface area contributed by atoms with Gasteiger partial charge in [-0.15, -0.1) is 0 Å². The van der Waals surface area contributed by atoms with E-state index in [1.165, 1.54) is 10.8 Å². The number of fused-ring (bicyclic) bond motifs is 2. The zero-order valence-electron chi connectivity index (χ0n) is 17.2. The maximum atomic E-state index is 4.89. The van der Waals surface area contributed by atoms with Crippen molar-refractivity contribution in [3.63, 3.8) is 0 Å². The fraction of sp³-hybridized carbons (Fsp3) is 0. The Hall–Kier alpha value is -4.51. The Balaban J connectivity index is 1.37. The lowest BCUT2D eigenvalue weighted by Crippen LogP contribution is -1.97. The number of nitrogens with one attached hydrogen (secondary N) is 1. The minimum atomic E-state index is 0.711. The average molecular weight is 413 g/mol. The summed E-state index contributed by atoms with van der Waals surface area (Å²) in [6.07, 6.45) is 9.39. The van der Waals surface area contributed by atoms with Gasteiger partial charge >= 0.3 is 0 Å². The average Bonchev–Trinajstić information content (AvgIpc) is 3.30. The van der Waals surface area contributed by atoms with Crippen LogP contribution in [0.3, 0.4) is 0 Å². The number of aromatic nitrogens is 4. The molecular weight excluding hydrogens is 394 g/mol. The van der Waals surface area contributed by atoms with Gasteiger partial charge in [-0.05, 0) is 40.6 Å². The summed E-state index contributed by atoms with van der Waals surface area (Å²) in [6, 6.07) is 27.0. The van der Waals surface area contributed by atoms with Crippen molar-refractivity contribution in [2.75, 3.05) is 5.32 Å². The van der Waals surface area contributed by atoms with E-state index in [1.807, 2.05) is 41.2 Å². The van der Waals surface area contributed by atoms with Gasteiger partial charge in [0.25, 0.3) is 0 Å². The van der Waals surface area contributed by atoms with E-state index in [2.05, 4.69) is 75.9 Å². The van der Waals surface area contributed by atoms with Crippen LogP contribution in [-0.2, 0) is 0 Å². The molecule has 0 amide bonds. The summed E-state index contributed by atoms with van der Waals surface area (Å²) in [5, 5.41) is 5.86. The summed E-state index contributed by atoms with van der Waals surface area (Å²) < 4.78 is 2.00. The van der Waals surface area contributed by atoms with Crippen LogP contribution in [0.4, 0.5) is 11.5 Å². The van der Waals surface area contributed by atoms with Crippen LogP contribution in [0.15, 0.2) is 110 Å². The molecule has 5 heteroatoms. The fourth-order valence-corrected chi connectivity index (χ4v) is 3.94. The molecule has 3 heterocycles. The molecule has 0 bridgehead atoms. The first kappa shape index (κ1) is 18.3. The number of rotatable bonds is 4. The van der Waals surface area contributed by atoms with E-state index in [-0.39, 0.29) is 0 Å². The Kier molecular flexibility index (Phi) is 4.36. The van der Waals surface area contributed by atoms with E-state index < -0.39 is 0 Å². The van der Waals surface area contributed by atoms with Crippen LogP contribution in [0.25, 0.3) is 38.8 Å². The van der Waals surface area contributed by atoms with Gasteiger partial charge in [0, 0.05) is 47.8 Å². The SMILES string of the molecule is c1cncc(-c2cccc(Nc3nccn4cc(-c5ccc6ccccc6c5)nc34)c2)c1. The smallest absolute Gasteiger partial charge is 0.181 e. The lowest BCUT2D eigenvalue weighted by molar-refractivity contribution is 1.13. The number of pyridine rings is 1. The second-order valence-electron chi connectivity index (χ2n) is 7.64. The molecule has 6 aromatic rings. The van der Waals surface area contributed by atoms with Gasteiger partial charge in [0.1, 0.15) is 0 Å². The second-order valence-corrected chi connectivity index (χ2v) is 7.64. The van der Waals surface area contributed by atoms with E-state index in [9.17, 15) is 0 Å². The fourth-order valence-electron chi connectivity index (χ4n) is 3.94. The zero-order valence-corrected chi connectivity index (χ0v) is 17.2. The molecule has 0 atom stereocenters. The highest BCUT2D eigenvalue weighted by atomic mass is 15.1. The second kappa shape index (κ2) is 7.63. The summed E-state index contributed by atoms with van der Waals surface area (Å²) in [6.45, 7) is 0. The number of hydrogen-bond donors (Lipinski definition) is 1. The molecule has 0 saturated heterocycles. The van der Waals surface area contributed by atoms with E-state index in [0.717, 1.165) is 33.7 Å². The van der Waals surface area contributed by atoms with Crippen LogP contribution >= 0.6 is 0 Å². The minimum Gasteiger partial charge on any atom is -0.337 e. The Bertz CT molecular complexity index is 1550. The molecule has 3 aromatic heterocycles. The molecule has 0 aliphatic rings. The highest BCUT2D eigenvalue weighted by Crippen LogP contribution is 2.28. The van der Waals surface area contributed by atoms with Crippen LogP contribution < -0.4 is 5.32 Å². The third-order valence-electron chi connectivity index (χ3n) is 5.54. The number of benzene rings is 3. The molecule has 0 unspecified atom stereocenters. The Labute approximate surface area is 185 Å². The van der Waals surface area contributed by atoms with Crippen molar-refractivity contribution < 1.29 is 0 Å². The maximum Gasteiger partial charge on any atom is 0.181 e. The number of anilines is 2.